The van der Waals surface area contributed by atoms with Crippen molar-refractivity contribution in [3.8, 4) is 28.6 Å². The summed E-state index contributed by atoms with van der Waals surface area (Å²) < 4.78 is 17.5. The fourth-order valence-corrected chi connectivity index (χ4v) is 7.87. The van der Waals surface area contributed by atoms with Gasteiger partial charge in [-0.15, -0.1) is 0 Å². The molecule has 6 heteroatoms. The molecule has 4 aromatic carbocycles. The van der Waals surface area contributed by atoms with Gasteiger partial charge < -0.3 is 14.0 Å². The van der Waals surface area contributed by atoms with Gasteiger partial charge in [-0.2, -0.15) is 0 Å². The molecule has 0 saturated carbocycles. The van der Waals surface area contributed by atoms with E-state index >= 15 is 0 Å². The van der Waals surface area contributed by atoms with Crippen molar-refractivity contribution in [1.29, 1.82) is 0 Å². The number of allylic oxidation sites excluding steroid dienone is 3. The number of benzene rings is 4. The first-order chi connectivity index (χ1) is 23.0. The van der Waals surface area contributed by atoms with Crippen molar-refractivity contribution >= 4 is 21.9 Å². The number of ether oxygens (including phenoxy) is 2. The Labute approximate surface area is 271 Å². The molecule has 1 aliphatic carbocycles. The van der Waals surface area contributed by atoms with E-state index in [9.17, 15) is 0 Å². The van der Waals surface area contributed by atoms with Gasteiger partial charge in [-0.25, -0.2) is 9.97 Å². The highest BCUT2D eigenvalue weighted by Crippen LogP contribution is 2.50. The number of nitrogens with zero attached hydrogens (tertiary/aromatic N) is 4. The molecule has 10 rings (SSSR count). The minimum absolute atomic E-state index is 0.0881. The number of imidazole rings is 1. The van der Waals surface area contributed by atoms with Crippen LogP contribution in [0.2, 0.25) is 0 Å². The minimum atomic E-state index is -0.208. The zero-order valence-electron chi connectivity index (χ0n) is 26.0. The largest absolute Gasteiger partial charge is 0.458 e. The Morgan fingerprint density at radius 2 is 1.66 bits per heavy atom. The van der Waals surface area contributed by atoms with Crippen LogP contribution in [0.1, 0.15) is 48.2 Å². The number of hydrogen-bond donors (Lipinski definition) is 0. The molecule has 0 saturated heterocycles. The van der Waals surface area contributed by atoms with E-state index < -0.39 is 0 Å². The standard InChI is InChI=1S/C41H30N4O2/c1-41(2)33-13-4-6-15-37(33)47-38-24-36-31(23-34(38)41)30-12-8-18-42-40(30)45(36)25-9-7-10-26(21-25)46-27-16-17-28-29-11-3-5-14-35(29)44-20-19-43-39(44)32(28)22-27/h3-24,28,32H,1-2H3. The number of hydrogen-bond acceptors (Lipinski definition) is 4. The Hall–Kier alpha value is -5.88. The fourth-order valence-electron chi connectivity index (χ4n) is 7.87. The number of rotatable bonds is 3. The molecule has 47 heavy (non-hydrogen) atoms. The summed E-state index contributed by atoms with van der Waals surface area (Å²) in [7, 11) is 0. The smallest absolute Gasteiger partial charge is 0.145 e. The molecule has 0 amide bonds. The number of aromatic nitrogens is 4. The van der Waals surface area contributed by atoms with Gasteiger partial charge in [-0.1, -0.05) is 62.4 Å². The second-order valence-electron chi connectivity index (χ2n) is 13.1. The van der Waals surface area contributed by atoms with Crippen molar-refractivity contribution in [2.24, 2.45) is 0 Å². The predicted molar refractivity (Wildman–Crippen MR) is 184 cm³/mol. The molecule has 7 aromatic rings. The Morgan fingerprint density at radius 3 is 2.62 bits per heavy atom. The van der Waals surface area contributed by atoms with Crippen LogP contribution in [0.3, 0.4) is 0 Å². The summed E-state index contributed by atoms with van der Waals surface area (Å²) in [5.74, 6) is 4.67. The van der Waals surface area contributed by atoms with Crippen molar-refractivity contribution in [2.45, 2.75) is 31.1 Å². The van der Waals surface area contributed by atoms with Crippen LogP contribution in [-0.4, -0.2) is 19.1 Å². The quantitative estimate of drug-likeness (QED) is 0.200. The molecule has 0 bridgehead atoms. The summed E-state index contributed by atoms with van der Waals surface area (Å²) in [6.45, 7) is 4.54. The first-order valence-corrected chi connectivity index (χ1v) is 16.1. The lowest BCUT2D eigenvalue weighted by Crippen LogP contribution is -2.24. The summed E-state index contributed by atoms with van der Waals surface area (Å²) in [6, 6.07) is 33.8. The Bertz CT molecular complexity index is 2480. The van der Waals surface area contributed by atoms with E-state index in [4.69, 9.17) is 19.4 Å². The molecule has 0 N–H and O–H groups in total. The van der Waals surface area contributed by atoms with E-state index in [1.54, 1.807) is 0 Å². The molecule has 2 unspecified atom stereocenters. The average Bonchev–Trinajstić information content (AvgIpc) is 3.72. The molecule has 0 radical (unpaired) electrons. The van der Waals surface area contributed by atoms with Crippen molar-refractivity contribution in [3.05, 3.63) is 162 Å². The maximum Gasteiger partial charge on any atom is 0.145 e. The highest BCUT2D eigenvalue weighted by atomic mass is 16.5. The molecular formula is C41H30N4O2. The molecule has 3 aliphatic rings. The van der Waals surface area contributed by atoms with Gasteiger partial charge in [0.15, 0.2) is 0 Å². The molecule has 2 aliphatic heterocycles. The predicted octanol–water partition coefficient (Wildman–Crippen LogP) is 9.51. The summed E-state index contributed by atoms with van der Waals surface area (Å²) in [5, 5.41) is 2.24. The zero-order valence-corrected chi connectivity index (χ0v) is 26.0. The maximum absolute atomic E-state index is 6.58. The monoisotopic (exact) mass is 610 g/mol. The SMILES string of the molecule is CC1(C)c2ccccc2Oc2cc3c(cc21)c1cccnc1n3-c1cccc(OC2=CC3c4nccn4-c4ccccc4C3C=C2)c1. The van der Waals surface area contributed by atoms with Gasteiger partial charge in [0.2, 0.25) is 0 Å². The van der Waals surface area contributed by atoms with Crippen LogP contribution in [0.4, 0.5) is 0 Å². The van der Waals surface area contributed by atoms with Gasteiger partial charge in [-0.3, -0.25) is 4.57 Å². The first-order valence-electron chi connectivity index (χ1n) is 16.1. The highest BCUT2D eigenvalue weighted by molar-refractivity contribution is 6.09. The van der Waals surface area contributed by atoms with Crippen LogP contribution in [0.15, 0.2) is 140 Å². The number of fused-ring (bicyclic) bond motifs is 11. The van der Waals surface area contributed by atoms with Crippen LogP contribution in [0.5, 0.6) is 17.2 Å². The second-order valence-corrected chi connectivity index (χ2v) is 13.1. The van der Waals surface area contributed by atoms with Crippen molar-refractivity contribution in [2.75, 3.05) is 0 Å². The fraction of sp³-hybridized carbons (Fsp3) is 0.122. The lowest BCUT2D eigenvalue weighted by Gasteiger charge is -2.34. The van der Waals surface area contributed by atoms with Crippen molar-refractivity contribution in [3.63, 3.8) is 0 Å². The second kappa shape index (κ2) is 9.56. The van der Waals surface area contributed by atoms with E-state index in [0.29, 0.717) is 0 Å². The van der Waals surface area contributed by atoms with Crippen LogP contribution in [0, 0.1) is 0 Å². The highest BCUT2D eigenvalue weighted by Gasteiger charge is 2.36. The van der Waals surface area contributed by atoms with Crippen molar-refractivity contribution in [1.82, 2.24) is 19.1 Å². The number of para-hydroxylation sites is 2. The minimum Gasteiger partial charge on any atom is -0.458 e. The zero-order chi connectivity index (χ0) is 31.3. The molecule has 3 aromatic heterocycles. The summed E-state index contributed by atoms with van der Waals surface area (Å²) >= 11 is 0. The molecule has 0 fully saturated rings. The van der Waals surface area contributed by atoms with Crippen molar-refractivity contribution < 1.29 is 9.47 Å². The topological polar surface area (TPSA) is 54.1 Å². The van der Waals surface area contributed by atoms with Crippen LogP contribution < -0.4 is 9.47 Å². The summed E-state index contributed by atoms with van der Waals surface area (Å²) in [4.78, 5) is 9.62. The van der Waals surface area contributed by atoms with E-state index in [2.05, 4.69) is 114 Å². The Balaban J connectivity index is 1.06. The van der Waals surface area contributed by atoms with Crippen LogP contribution in [0.25, 0.3) is 33.3 Å². The van der Waals surface area contributed by atoms with Crippen LogP contribution >= 0.6 is 0 Å². The Kier molecular flexibility index (Phi) is 5.36. The summed E-state index contributed by atoms with van der Waals surface area (Å²) in [6.07, 6.45) is 12.3. The number of pyridine rings is 1. The van der Waals surface area contributed by atoms with E-state index in [0.717, 1.165) is 56.5 Å². The molecular weight excluding hydrogens is 580 g/mol. The third kappa shape index (κ3) is 3.78. The third-order valence-electron chi connectivity index (χ3n) is 10.1. The molecule has 2 atom stereocenters. The van der Waals surface area contributed by atoms with Gasteiger partial charge in [0.25, 0.3) is 0 Å². The van der Waals surface area contributed by atoms with E-state index in [-0.39, 0.29) is 17.3 Å². The first kappa shape index (κ1) is 26.3. The molecule has 226 valence electrons. The third-order valence-corrected chi connectivity index (χ3v) is 10.1. The Morgan fingerprint density at radius 1 is 0.766 bits per heavy atom. The summed E-state index contributed by atoms with van der Waals surface area (Å²) in [5.41, 5.74) is 7.55. The van der Waals surface area contributed by atoms with Gasteiger partial charge in [-0.05, 0) is 60.2 Å². The molecule has 6 nitrogen and oxygen atoms in total. The molecule has 5 heterocycles. The normalized spacial score (nSPS) is 18.4. The van der Waals surface area contributed by atoms with E-state index in [1.807, 2.05) is 42.9 Å². The van der Waals surface area contributed by atoms with E-state index in [1.165, 1.54) is 22.4 Å². The van der Waals surface area contributed by atoms with Gasteiger partial charge >= 0.3 is 0 Å². The van der Waals surface area contributed by atoms with Gasteiger partial charge in [0.1, 0.15) is 34.5 Å². The van der Waals surface area contributed by atoms with Gasteiger partial charge in [0.05, 0.1) is 16.9 Å². The maximum atomic E-state index is 6.58. The van der Waals surface area contributed by atoms with Gasteiger partial charge in [0, 0.05) is 69.9 Å². The molecule has 0 spiro atoms. The lowest BCUT2D eigenvalue weighted by molar-refractivity contribution is 0.419. The van der Waals surface area contributed by atoms with Crippen LogP contribution in [-0.2, 0) is 5.41 Å². The average molecular weight is 611 g/mol. The lowest BCUT2D eigenvalue weighted by atomic mass is 9.75.